The highest BCUT2D eigenvalue weighted by Gasteiger charge is 2.13. The van der Waals surface area contributed by atoms with Crippen molar-refractivity contribution >= 4 is 5.91 Å². The topological polar surface area (TPSA) is 72.9 Å². The molecule has 5 nitrogen and oxygen atoms in total. The van der Waals surface area contributed by atoms with Crippen LogP contribution in [0.3, 0.4) is 0 Å². The van der Waals surface area contributed by atoms with Gasteiger partial charge in [-0.15, -0.1) is 0 Å². The van der Waals surface area contributed by atoms with Crippen LogP contribution in [0.25, 0.3) is 11.3 Å². The molecular formula is C22H26N4O. The van der Waals surface area contributed by atoms with Crippen molar-refractivity contribution in [3.63, 3.8) is 0 Å². The van der Waals surface area contributed by atoms with Gasteiger partial charge < -0.3 is 11.1 Å². The van der Waals surface area contributed by atoms with Gasteiger partial charge in [-0.3, -0.25) is 9.48 Å². The van der Waals surface area contributed by atoms with Crippen LogP contribution in [0.4, 0.5) is 0 Å². The molecule has 0 fully saturated rings. The molecule has 3 N–H and O–H groups in total. The van der Waals surface area contributed by atoms with E-state index in [1.807, 2.05) is 66.3 Å². The minimum atomic E-state index is 0.0159. The Bertz CT molecular complexity index is 857. The summed E-state index contributed by atoms with van der Waals surface area (Å²) in [6.07, 6.45) is 3.14. The number of aromatic nitrogens is 2. The molecule has 0 aliphatic carbocycles. The van der Waals surface area contributed by atoms with Crippen LogP contribution in [-0.4, -0.2) is 21.7 Å². The second-order valence-corrected chi connectivity index (χ2v) is 6.84. The number of rotatable bonds is 8. The molecule has 27 heavy (non-hydrogen) atoms. The van der Waals surface area contributed by atoms with Crippen molar-refractivity contribution < 1.29 is 4.79 Å². The van der Waals surface area contributed by atoms with Crippen molar-refractivity contribution in [1.82, 2.24) is 15.1 Å². The molecule has 1 aromatic heterocycles. The zero-order chi connectivity index (χ0) is 19.1. The summed E-state index contributed by atoms with van der Waals surface area (Å²) in [5.41, 5.74) is 9.87. The van der Waals surface area contributed by atoms with Crippen LogP contribution in [-0.2, 0) is 17.9 Å². The van der Waals surface area contributed by atoms with Crippen LogP contribution >= 0.6 is 0 Å². The number of nitrogens with zero attached hydrogens (tertiary/aromatic N) is 2. The summed E-state index contributed by atoms with van der Waals surface area (Å²) in [6, 6.07) is 20.3. The van der Waals surface area contributed by atoms with Crippen molar-refractivity contribution in [3.05, 3.63) is 78.0 Å². The molecule has 5 heteroatoms. The normalized spacial score (nSPS) is 11.9. The number of nitrogens with one attached hydrogen (secondary N) is 1. The van der Waals surface area contributed by atoms with E-state index < -0.39 is 0 Å². The molecule has 0 radical (unpaired) electrons. The van der Waals surface area contributed by atoms with E-state index in [0.717, 1.165) is 16.8 Å². The Hall–Kier alpha value is -2.92. The van der Waals surface area contributed by atoms with Gasteiger partial charge in [-0.25, -0.2) is 0 Å². The largest absolute Gasteiger partial charge is 0.352 e. The smallest absolute Gasteiger partial charge is 0.220 e. The quantitative estimate of drug-likeness (QED) is 0.645. The van der Waals surface area contributed by atoms with Gasteiger partial charge in [-0.2, -0.15) is 5.10 Å². The fourth-order valence-corrected chi connectivity index (χ4v) is 2.92. The van der Waals surface area contributed by atoms with Crippen molar-refractivity contribution in [2.24, 2.45) is 5.73 Å². The first-order valence-electron chi connectivity index (χ1n) is 9.30. The van der Waals surface area contributed by atoms with Gasteiger partial charge in [0.1, 0.15) is 0 Å². The number of benzene rings is 2. The highest BCUT2D eigenvalue weighted by atomic mass is 16.1. The summed E-state index contributed by atoms with van der Waals surface area (Å²) in [6.45, 7) is 3.06. The third kappa shape index (κ3) is 5.53. The van der Waals surface area contributed by atoms with Gasteiger partial charge in [0.05, 0.1) is 12.2 Å². The van der Waals surface area contributed by atoms with Gasteiger partial charge in [0, 0.05) is 36.3 Å². The molecule has 2 aromatic carbocycles. The Morgan fingerprint density at radius 2 is 1.78 bits per heavy atom. The Morgan fingerprint density at radius 3 is 2.44 bits per heavy atom. The van der Waals surface area contributed by atoms with Crippen LogP contribution < -0.4 is 11.1 Å². The van der Waals surface area contributed by atoms with Crippen molar-refractivity contribution in [1.29, 1.82) is 0 Å². The molecule has 1 heterocycles. The van der Waals surface area contributed by atoms with Crippen LogP contribution in [0.15, 0.2) is 66.9 Å². The first-order chi connectivity index (χ1) is 13.1. The highest BCUT2D eigenvalue weighted by Crippen LogP contribution is 2.22. The van der Waals surface area contributed by atoms with E-state index in [-0.39, 0.29) is 11.9 Å². The summed E-state index contributed by atoms with van der Waals surface area (Å²) in [7, 11) is 0. The molecule has 0 spiro atoms. The van der Waals surface area contributed by atoms with E-state index >= 15 is 0 Å². The fourth-order valence-electron chi connectivity index (χ4n) is 2.92. The summed E-state index contributed by atoms with van der Waals surface area (Å²) >= 11 is 0. The Morgan fingerprint density at radius 1 is 1.11 bits per heavy atom. The van der Waals surface area contributed by atoms with Crippen molar-refractivity contribution in [2.75, 3.05) is 0 Å². The zero-order valence-electron chi connectivity index (χ0n) is 15.6. The van der Waals surface area contributed by atoms with Crippen LogP contribution in [0.1, 0.15) is 30.9 Å². The predicted molar refractivity (Wildman–Crippen MR) is 108 cm³/mol. The molecule has 0 aliphatic rings. The average molecular weight is 362 g/mol. The van der Waals surface area contributed by atoms with E-state index in [2.05, 4.69) is 17.4 Å². The number of amides is 1. The molecular weight excluding hydrogens is 336 g/mol. The van der Waals surface area contributed by atoms with Crippen LogP contribution in [0.2, 0.25) is 0 Å². The molecule has 1 amide bonds. The van der Waals surface area contributed by atoms with Gasteiger partial charge in [0.2, 0.25) is 5.91 Å². The highest BCUT2D eigenvalue weighted by molar-refractivity contribution is 5.76. The lowest BCUT2D eigenvalue weighted by molar-refractivity contribution is -0.121. The molecule has 3 rings (SSSR count). The summed E-state index contributed by atoms with van der Waals surface area (Å²) in [5.74, 6) is 0.0159. The standard InChI is InChI=1S/C22H26N4O/c1-17(23)12-13-21(27)24-14-20-16-26(15-18-8-4-2-5-9-18)25-22(20)19-10-6-3-7-11-19/h2-11,16-17H,12-15,23H2,1H3,(H,24,27). The maximum Gasteiger partial charge on any atom is 0.220 e. The van der Waals surface area contributed by atoms with Gasteiger partial charge in [0.25, 0.3) is 0 Å². The van der Waals surface area contributed by atoms with Crippen molar-refractivity contribution in [2.45, 2.75) is 38.9 Å². The first kappa shape index (κ1) is 18.9. The molecule has 140 valence electrons. The lowest BCUT2D eigenvalue weighted by Gasteiger charge is -2.07. The first-order valence-corrected chi connectivity index (χ1v) is 9.30. The molecule has 0 saturated heterocycles. The number of carbonyl (C=O) groups is 1. The predicted octanol–water partition coefficient (Wildman–Crippen LogP) is 3.34. The summed E-state index contributed by atoms with van der Waals surface area (Å²) in [4.78, 5) is 12.1. The van der Waals surface area contributed by atoms with Gasteiger partial charge in [0.15, 0.2) is 0 Å². The summed E-state index contributed by atoms with van der Waals surface area (Å²) < 4.78 is 1.93. The van der Waals surface area contributed by atoms with Crippen molar-refractivity contribution in [3.8, 4) is 11.3 Å². The lowest BCUT2D eigenvalue weighted by atomic mass is 10.1. The van der Waals surface area contributed by atoms with Gasteiger partial charge in [-0.1, -0.05) is 60.7 Å². The van der Waals surface area contributed by atoms with E-state index in [1.54, 1.807) is 0 Å². The fraction of sp³-hybridized carbons (Fsp3) is 0.273. The minimum absolute atomic E-state index is 0.0159. The third-order valence-corrected chi connectivity index (χ3v) is 4.37. The summed E-state index contributed by atoms with van der Waals surface area (Å²) in [5, 5.41) is 7.77. The van der Waals surface area contributed by atoms with Crippen LogP contribution in [0.5, 0.6) is 0 Å². The third-order valence-electron chi connectivity index (χ3n) is 4.37. The molecule has 1 unspecified atom stereocenters. The van der Waals surface area contributed by atoms with E-state index in [0.29, 0.717) is 25.9 Å². The monoisotopic (exact) mass is 362 g/mol. The van der Waals surface area contributed by atoms with E-state index in [1.165, 1.54) is 5.56 Å². The van der Waals surface area contributed by atoms with E-state index in [9.17, 15) is 4.79 Å². The number of hydrogen-bond donors (Lipinski definition) is 2. The molecule has 0 saturated carbocycles. The van der Waals surface area contributed by atoms with E-state index in [4.69, 9.17) is 10.8 Å². The Kier molecular flexibility index (Phi) is 6.39. The Labute approximate surface area is 160 Å². The van der Waals surface area contributed by atoms with Crippen LogP contribution in [0, 0.1) is 0 Å². The molecule has 0 bridgehead atoms. The molecule has 0 aliphatic heterocycles. The molecule has 1 atom stereocenters. The average Bonchev–Trinajstić information content (AvgIpc) is 3.09. The Balaban J connectivity index is 1.77. The van der Waals surface area contributed by atoms with Gasteiger partial charge >= 0.3 is 0 Å². The van der Waals surface area contributed by atoms with Gasteiger partial charge in [-0.05, 0) is 18.9 Å². The number of carbonyl (C=O) groups excluding carboxylic acids is 1. The maximum atomic E-state index is 12.1. The number of hydrogen-bond acceptors (Lipinski definition) is 3. The zero-order valence-corrected chi connectivity index (χ0v) is 15.6. The lowest BCUT2D eigenvalue weighted by Crippen LogP contribution is -2.25. The number of nitrogens with two attached hydrogens (primary N) is 1. The second-order valence-electron chi connectivity index (χ2n) is 6.84. The molecule has 3 aromatic rings. The minimum Gasteiger partial charge on any atom is -0.352 e. The second kappa shape index (κ2) is 9.14. The maximum absolute atomic E-state index is 12.1. The SMILES string of the molecule is CC(N)CCC(=O)NCc1cn(Cc2ccccc2)nc1-c1ccccc1.